The first kappa shape index (κ1) is 25.1. The Balaban J connectivity index is 1.72. The lowest BCUT2D eigenvalue weighted by molar-refractivity contribution is -0.0503. The van der Waals surface area contributed by atoms with Crippen molar-refractivity contribution in [2.24, 2.45) is 0 Å². The molecule has 9 N–H and O–H groups in total. The smallest absolute Gasteiger partial charge is 0.387 e. The van der Waals surface area contributed by atoms with Crippen LogP contribution >= 0.6 is 23.5 Å². The SMILES string of the molecule is Nc1nc2c(ncn2[C@@H]2O[C@H](COP(=O)(O)OP(=O)(O)O[33P](=O)(O)O)[C@@H](O)[C@H]2O)c(=O)[nH]1. The first-order chi connectivity index (χ1) is 14.6. The van der Waals surface area contributed by atoms with E-state index in [1.54, 1.807) is 0 Å². The third-order valence-corrected chi connectivity index (χ3v) is 7.68. The molecule has 0 aliphatic carbocycles. The number of rotatable bonds is 8. The summed E-state index contributed by atoms with van der Waals surface area (Å²) in [6.45, 7) is -1.01. The van der Waals surface area contributed by atoms with Crippen LogP contribution in [-0.4, -0.2) is 74.2 Å². The summed E-state index contributed by atoms with van der Waals surface area (Å²) < 4.78 is 51.6. The molecule has 3 heterocycles. The van der Waals surface area contributed by atoms with Crippen molar-refractivity contribution in [3.63, 3.8) is 0 Å². The molecule has 0 aromatic carbocycles. The minimum atomic E-state index is -5.73. The van der Waals surface area contributed by atoms with Gasteiger partial charge >= 0.3 is 23.5 Å². The number of phosphoric acid groups is 3. The second kappa shape index (κ2) is 8.66. The van der Waals surface area contributed by atoms with E-state index in [9.17, 15) is 33.6 Å². The van der Waals surface area contributed by atoms with Gasteiger partial charge in [-0.3, -0.25) is 18.9 Å². The summed E-state index contributed by atoms with van der Waals surface area (Å²) in [5.41, 5.74) is 4.50. The van der Waals surface area contributed by atoms with Gasteiger partial charge in [-0.25, -0.2) is 18.7 Å². The Morgan fingerprint density at radius 2 is 1.91 bits per heavy atom. The zero-order chi connectivity index (χ0) is 24.1. The normalized spacial score (nSPS) is 27.9. The van der Waals surface area contributed by atoms with Gasteiger partial charge in [-0.05, 0) is 0 Å². The van der Waals surface area contributed by atoms with E-state index in [1.165, 1.54) is 0 Å². The number of phosphoric ester groups is 1. The highest BCUT2D eigenvalue weighted by Gasteiger charge is 2.47. The average Bonchev–Trinajstić information content (AvgIpc) is 3.12. The Hall–Kier alpha value is -1.56. The maximum atomic E-state index is 11.9. The second-order valence-electron chi connectivity index (χ2n) is 6.21. The highest BCUT2D eigenvalue weighted by atomic mass is 33.2. The second-order valence-corrected chi connectivity index (χ2v) is 10.6. The summed E-state index contributed by atoms with van der Waals surface area (Å²) in [5.74, 6) is -0.276. The molecule has 6 atom stereocenters. The summed E-state index contributed by atoms with van der Waals surface area (Å²) in [4.78, 5) is 57.3. The number of aromatic amines is 1. The van der Waals surface area contributed by atoms with Gasteiger partial charge in [-0.2, -0.15) is 13.6 Å². The molecule has 2 unspecified atom stereocenters. The zero-order valence-electron chi connectivity index (χ0n) is 15.3. The number of nitrogen functional groups attached to an aromatic ring is 1. The number of aliphatic hydroxyl groups is 2. The molecule has 2 aromatic rings. The van der Waals surface area contributed by atoms with Crippen LogP contribution in [0.15, 0.2) is 11.1 Å². The van der Waals surface area contributed by atoms with Gasteiger partial charge < -0.3 is 40.3 Å². The number of hydrogen-bond acceptors (Lipinski definition) is 13. The molecule has 1 saturated heterocycles. The third-order valence-electron chi connectivity index (χ3n) is 3.88. The molecule has 1 aliphatic heterocycles. The summed E-state index contributed by atoms with van der Waals surface area (Å²) in [7, 11) is -16.8. The van der Waals surface area contributed by atoms with Crippen LogP contribution in [0.3, 0.4) is 0 Å². The molecule has 2 aromatic heterocycles. The van der Waals surface area contributed by atoms with Crippen molar-refractivity contribution in [2.75, 3.05) is 12.3 Å². The number of hydrogen-bond donors (Lipinski definition) is 8. The van der Waals surface area contributed by atoms with E-state index < -0.39 is 60.2 Å². The molecule has 180 valence electrons. The van der Waals surface area contributed by atoms with E-state index in [0.717, 1.165) is 10.9 Å². The van der Waals surface area contributed by atoms with E-state index in [-0.39, 0.29) is 17.1 Å². The largest absolute Gasteiger partial charge is 0.490 e. The monoisotopic (exact) mass is 525 g/mol. The van der Waals surface area contributed by atoms with Gasteiger partial charge in [-0.15, -0.1) is 0 Å². The Morgan fingerprint density at radius 3 is 2.53 bits per heavy atom. The van der Waals surface area contributed by atoms with E-state index in [4.69, 9.17) is 25.2 Å². The number of nitrogens with one attached hydrogen (secondary N) is 1. The fourth-order valence-corrected chi connectivity index (χ4v) is 5.73. The highest BCUT2D eigenvalue weighted by Crippen LogP contribution is 2.66. The number of imidazole rings is 1. The lowest BCUT2D eigenvalue weighted by Gasteiger charge is -2.19. The Bertz CT molecular complexity index is 1210. The highest BCUT2D eigenvalue weighted by molar-refractivity contribution is 7.66. The van der Waals surface area contributed by atoms with Gasteiger partial charge in [-0.1, -0.05) is 0 Å². The Labute approximate surface area is 175 Å². The van der Waals surface area contributed by atoms with E-state index in [2.05, 4.69) is 28.1 Å². The van der Waals surface area contributed by atoms with Crippen molar-refractivity contribution in [3.8, 4) is 0 Å². The Morgan fingerprint density at radius 1 is 1.25 bits per heavy atom. The van der Waals surface area contributed by atoms with Crippen molar-refractivity contribution in [2.45, 2.75) is 24.5 Å². The number of H-pyrrole nitrogens is 1. The maximum Gasteiger partial charge on any atom is 0.490 e. The van der Waals surface area contributed by atoms with Crippen LogP contribution in [0, 0.1) is 0 Å². The average molecular weight is 525 g/mol. The lowest BCUT2D eigenvalue weighted by atomic mass is 10.1. The lowest BCUT2D eigenvalue weighted by Crippen LogP contribution is -2.33. The molecule has 0 radical (unpaired) electrons. The van der Waals surface area contributed by atoms with Crippen LogP contribution in [0.5, 0.6) is 0 Å². The van der Waals surface area contributed by atoms with Crippen molar-refractivity contribution in [3.05, 3.63) is 16.7 Å². The molecule has 0 bridgehead atoms. The minimum absolute atomic E-state index is 0.115. The minimum Gasteiger partial charge on any atom is -0.387 e. The van der Waals surface area contributed by atoms with E-state index in [0.29, 0.717) is 0 Å². The molecule has 0 amide bonds. The van der Waals surface area contributed by atoms with Crippen molar-refractivity contribution in [1.82, 2.24) is 19.5 Å². The maximum absolute atomic E-state index is 11.9. The molecule has 0 spiro atoms. The van der Waals surface area contributed by atoms with Crippen LogP contribution < -0.4 is 11.3 Å². The van der Waals surface area contributed by atoms with Gasteiger partial charge in [0.1, 0.15) is 18.3 Å². The molecule has 22 heteroatoms. The zero-order valence-corrected chi connectivity index (χ0v) is 18.0. The summed E-state index contributed by atoms with van der Waals surface area (Å²) in [6, 6.07) is 0. The summed E-state index contributed by atoms with van der Waals surface area (Å²) in [6.07, 6.45) is -5.33. The van der Waals surface area contributed by atoms with Crippen molar-refractivity contribution < 1.29 is 61.4 Å². The van der Waals surface area contributed by atoms with Crippen LogP contribution in [-0.2, 0) is 31.6 Å². The van der Waals surface area contributed by atoms with Crippen LogP contribution in [0.4, 0.5) is 5.95 Å². The molecule has 1 fully saturated rings. The molecule has 3 rings (SSSR count). The van der Waals surface area contributed by atoms with E-state index >= 15 is 0 Å². The van der Waals surface area contributed by atoms with E-state index in [1.807, 2.05) is 0 Å². The van der Waals surface area contributed by atoms with Crippen molar-refractivity contribution in [1.29, 1.82) is 0 Å². The van der Waals surface area contributed by atoms with Gasteiger partial charge in [0.15, 0.2) is 17.4 Å². The fraction of sp³-hybridized carbons (Fsp3) is 0.500. The number of aliphatic hydroxyl groups excluding tert-OH is 2. The quantitative estimate of drug-likeness (QED) is 0.167. The summed E-state index contributed by atoms with van der Waals surface area (Å²) in [5, 5.41) is 20.4. The third kappa shape index (κ3) is 5.67. The predicted octanol–water partition coefficient (Wildman–Crippen LogP) is -2.34. The Kier molecular flexibility index (Phi) is 6.78. The summed E-state index contributed by atoms with van der Waals surface area (Å²) >= 11 is 0. The van der Waals surface area contributed by atoms with Gasteiger partial charge in [0.25, 0.3) is 5.56 Å². The number of nitrogens with two attached hydrogens (primary N) is 1. The van der Waals surface area contributed by atoms with Crippen LogP contribution in [0.25, 0.3) is 11.2 Å². The number of ether oxygens (including phenoxy) is 1. The molecular formula is C10H16N5O14P3. The van der Waals surface area contributed by atoms with Gasteiger partial charge in [0.05, 0.1) is 12.9 Å². The first-order valence-corrected chi connectivity index (χ1v) is 12.6. The first-order valence-electron chi connectivity index (χ1n) is 8.11. The number of fused-ring (bicyclic) bond motifs is 1. The standard InChI is InChI=1S/C10H16N5O14P3/c11-10-13-7-4(8(18)14-10)12-2-15(7)9-6(17)5(16)3(27-9)1-26-31(22,23)29-32(24,25)28-30(19,20)21/h2-3,5-6,9,16-17H,1H2,(H,22,23)(H,24,25)(H2,19,20,21)(H3,11,13,14,18)/t3-,5-,6-,9-/m1/s1/i30+2. The topological polar surface area (TPSA) is 299 Å². The molecular weight excluding hydrogens is 509 g/mol. The van der Waals surface area contributed by atoms with Gasteiger partial charge in [0, 0.05) is 0 Å². The van der Waals surface area contributed by atoms with Crippen molar-refractivity contribution >= 4 is 40.6 Å². The van der Waals surface area contributed by atoms with Crippen LogP contribution in [0.1, 0.15) is 6.23 Å². The predicted molar refractivity (Wildman–Crippen MR) is 98.3 cm³/mol. The fourth-order valence-electron chi connectivity index (χ4n) is 2.70. The number of anilines is 1. The molecule has 19 nitrogen and oxygen atoms in total. The number of nitrogens with zero attached hydrogens (tertiary/aromatic N) is 3. The van der Waals surface area contributed by atoms with Gasteiger partial charge in [0.2, 0.25) is 5.95 Å². The molecule has 32 heavy (non-hydrogen) atoms. The molecule has 0 saturated carbocycles. The molecule has 1 aliphatic rings. The van der Waals surface area contributed by atoms with Crippen LogP contribution in [0.2, 0.25) is 0 Å². The number of aromatic nitrogens is 4.